The van der Waals surface area contributed by atoms with Gasteiger partial charge in [0.1, 0.15) is 0 Å². The molecule has 88 valence electrons. The zero-order chi connectivity index (χ0) is 12.1. The molecule has 1 unspecified atom stereocenters. The molecule has 0 aromatic heterocycles. The minimum absolute atomic E-state index is 0.402. The molecule has 1 atom stereocenters. The average molecular weight is 352 g/mol. The topological polar surface area (TPSA) is 57.5 Å². The van der Waals surface area contributed by atoms with Gasteiger partial charge in [0, 0.05) is 15.4 Å². The number of benzene rings is 1. The van der Waals surface area contributed by atoms with Crippen LogP contribution in [0.2, 0.25) is 0 Å². The molecule has 16 heavy (non-hydrogen) atoms. The molecule has 2 N–H and O–H groups in total. The van der Waals surface area contributed by atoms with Crippen LogP contribution in [0.25, 0.3) is 0 Å². The summed E-state index contributed by atoms with van der Waals surface area (Å²) in [6, 6.07) is 5.29. The molecule has 0 spiro atoms. The summed E-state index contributed by atoms with van der Waals surface area (Å²) in [4.78, 5) is 10.7. The average Bonchev–Trinajstić information content (AvgIpc) is 2.26. The number of aliphatic hydroxyl groups excluding tert-OH is 1. The second-order valence-electron chi connectivity index (χ2n) is 3.35. The fourth-order valence-corrected chi connectivity index (χ4v) is 2.35. The summed E-state index contributed by atoms with van der Waals surface area (Å²) in [6.45, 7) is 0. The van der Waals surface area contributed by atoms with E-state index in [9.17, 15) is 9.90 Å². The van der Waals surface area contributed by atoms with Gasteiger partial charge in [0.25, 0.3) is 0 Å². The van der Waals surface area contributed by atoms with Gasteiger partial charge < -0.3 is 10.2 Å². The molecule has 1 aromatic rings. The fraction of sp³-hybridized carbons (Fsp3) is 0.364. The van der Waals surface area contributed by atoms with Gasteiger partial charge in [-0.25, -0.2) is 4.79 Å². The highest BCUT2D eigenvalue weighted by atomic mass is 79.9. The summed E-state index contributed by atoms with van der Waals surface area (Å²) in [7, 11) is 0. The van der Waals surface area contributed by atoms with Crippen LogP contribution >= 0.6 is 31.9 Å². The Labute approximate surface area is 111 Å². The quantitative estimate of drug-likeness (QED) is 0.802. The highest BCUT2D eigenvalue weighted by Crippen LogP contribution is 2.28. The lowest BCUT2D eigenvalue weighted by molar-refractivity contribution is -0.147. The number of carbonyl (C=O) groups is 1. The van der Waals surface area contributed by atoms with Crippen molar-refractivity contribution in [2.75, 3.05) is 5.33 Å². The molecular formula is C11H12Br2O3. The number of aryl methyl sites for hydroxylation is 1. The number of aliphatic hydroxyl groups is 1. The predicted octanol–water partition coefficient (Wildman–Crippen LogP) is 2.89. The van der Waals surface area contributed by atoms with E-state index in [2.05, 4.69) is 31.9 Å². The van der Waals surface area contributed by atoms with Crippen molar-refractivity contribution in [3.8, 4) is 0 Å². The maximum absolute atomic E-state index is 10.7. The summed E-state index contributed by atoms with van der Waals surface area (Å²) in [5, 5.41) is 19.1. The van der Waals surface area contributed by atoms with E-state index in [1.807, 2.05) is 6.07 Å². The molecule has 1 rings (SSSR count). The van der Waals surface area contributed by atoms with E-state index in [4.69, 9.17) is 5.11 Å². The van der Waals surface area contributed by atoms with Gasteiger partial charge in [-0.15, -0.1) is 0 Å². The van der Waals surface area contributed by atoms with Gasteiger partial charge in [-0.3, -0.25) is 0 Å². The van der Waals surface area contributed by atoms with Gasteiger partial charge in [-0.2, -0.15) is 0 Å². The van der Waals surface area contributed by atoms with Crippen molar-refractivity contribution in [2.24, 2.45) is 0 Å². The van der Waals surface area contributed by atoms with Crippen LogP contribution in [0.3, 0.4) is 0 Å². The third kappa shape index (κ3) is 3.30. The maximum atomic E-state index is 10.7. The van der Waals surface area contributed by atoms with Crippen LogP contribution in [0.5, 0.6) is 0 Å². The van der Waals surface area contributed by atoms with Crippen molar-refractivity contribution in [1.82, 2.24) is 0 Å². The zero-order valence-corrected chi connectivity index (χ0v) is 11.7. The van der Waals surface area contributed by atoms with Crippen LogP contribution in [0.4, 0.5) is 0 Å². The van der Waals surface area contributed by atoms with Crippen molar-refractivity contribution in [1.29, 1.82) is 0 Å². The van der Waals surface area contributed by atoms with E-state index in [1.54, 1.807) is 12.1 Å². The van der Waals surface area contributed by atoms with E-state index in [0.717, 1.165) is 23.7 Å². The van der Waals surface area contributed by atoms with Gasteiger partial charge in [0.05, 0.1) is 0 Å². The van der Waals surface area contributed by atoms with Crippen molar-refractivity contribution in [2.45, 2.75) is 18.9 Å². The molecule has 0 bridgehead atoms. The summed E-state index contributed by atoms with van der Waals surface area (Å²) in [6.07, 6.45) is 0.329. The number of halogens is 2. The molecular weight excluding hydrogens is 340 g/mol. The Balaban J connectivity index is 2.98. The number of hydrogen-bond acceptors (Lipinski definition) is 2. The van der Waals surface area contributed by atoms with E-state index >= 15 is 0 Å². The number of hydrogen-bond donors (Lipinski definition) is 2. The largest absolute Gasteiger partial charge is 0.479 e. The molecule has 0 aliphatic carbocycles. The molecule has 0 radical (unpaired) electrons. The van der Waals surface area contributed by atoms with Gasteiger partial charge in [0.2, 0.25) is 0 Å². The van der Waals surface area contributed by atoms with Crippen molar-refractivity contribution < 1.29 is 15.0 Å². The lowest BCUT2D eigenvalue weighted by Gasteiger charge is -2.11. The SMILES string of the molecule is O=C(O)C(O)c1cccc(CCCBr)c1Br. The smallest absolute Gasteiger partial charge is 0.337 e. The molecule has 0 fully saturated rings. The Kier molecular flexibility index (Phi) is 5.44. The van der Waals surface area contributed by atoms with Crippen molar-refractivity contribution in [3.63, 3.8) is 0 Å². The monoisotopic (exact) mass is 350 g/mol. The molecule has 0 heterocycles. The Morgan fingerprint density at radius 2 is 2.12 bits per heavy atom. The number of aliphatic carboxylic acids is 1. The fourth-order valence-electron chi connectivity index (χ4n) is 1.39. The van der Waals surface area contributed by atoms with E-state index in [-0.39, 0.29) is 0 Å². The van der Waals surface area contributed by atoms with Crippen molar-refractivity contribution >= 4 is 37.8 Å². The number of carboxylic acid groups (broad SMARTS) is 1. The first-order valence-electron chi connectivity index (χ1n) is 4.82. The third-order valence-electron chi connectivity index (χ3n) is 2.22. The van der Waals surface area contributed by atoms with Crippen LogP contribution in [0, 0.1) is 0 Å². The van der Waals surface area contributed by atoms with Gasteiger partial charge in [0.15, 0.2) is 6.10 Å². The van der Waals surface area contributed by atoms with Crippen LogP contribution < -0.4 is 0 Å². The molecule has 0 saturated carbocycles. The minimum Gasteiger partial charge on any atom is -0.479 e. The highest BCUT2D eigenvalue weighted by molar-refractivity contribution is 9.10. The van der Waals surface area contributed by atoms with Crippen LogP contribution in [0.15, 0.2) is 22.7 Å². The Morgan fingerprint density at radius 3 is 2.69 bits per heavy atom. The number of carboxylic acids is 1. The molecule has 5 heteroatoms. The number of alkyl halides is 1. The third-order valence-corrected chi connectivity index (χ3v) is 3.74. The lowest BCUT2D eigenvalue weighted by Crippen LogP contribution is -2.11. The molecule has 0 saturated heterocycles. The first kappa shape index (κ1) is 13.7. The van der Waals surface area contributed by atoms with Gasteiger partial charge in [-0.1, -0.05) is 50.1 Å². The molecule has 1 aromatic carbocycles. The second-order valence-corrected chi connectivity index (χ2v) is 4.94. The zero-order valence-electron chi connectivity index (χ0n) is 8.49. The minimum atomic E-state index is -1.47. The second kappa shape index (κ2) is 6.37. The van der Waals surface area contributed by atoms with Crippen LogP contribution in [-0.4, -0.2) is 21.5 Å². The van der Waals surface area contributed by atoms with Crippen molar-refractivity contribution in [3.05, 3.63) is 33.8 Å². The first-order chi connectivity index (χ1) is 7.57. The normalized spacial score (nSPS) is 12.4. The summed E-state index contributed by atoms with van der Waals surface area (Å²) in [5.74, 6) is -1.24. The predicted molar refractivity (Wildman–Crippen MR) is 68.9 cm³/mol. The lowest BCUT2D eigenvalue weighted by atomic mass is 10.0. The summed E-state index contributed by atoms with van der Waals surface area (Å²) < 4.78 is 0.686. The molecule has 0 amide bonds. The Hall–Kier alpha value is -0.390. The Bertz CT molecular complexity index is 379. The van der Waals surface area contributed by atoms with E-state index in [0.29, 0.717) is 10.0 Å². The molecule has 0 aliphatic heterocycles. The first-order valence-corrected chi connectivity index (χ1v) is 6.73. The van der Waals surface area contributed by atoms with Crippen LogP contribution in [-0.2, 0) is 11.2 Å². The highest BCUT2D eigenvalue weighted by Gasteiger charge is 2.19. The van der Waals surface area contributed by atoms with E-state index < -0.39 is 12.1 Å². The van der Waals surface area contributed by atoms with E-state index in [1.165, 1.54) is 0 Å². The maximum Gasteiger partial charge on any atom is 0.337 e. The number of rotatable bonds is 5. The van der Waals surface area contributed by atoms with Gasteiger partial charge in [-0.05, 0) is 18.4 Å². The standard InChI is InChI=1S/C11H12Br2O3/c12-6-2-4-7-3-1-5-8(9(7)13)10(14)11(15)16/h1,3,5,10,14H,2,4,6H2,(H,15,16). The van der Waals surface area contributed by atoms with Crippen LogP contribution in [0.1, 0.15) is 23.7 Å². The molecule has 3 nitrogen and oxygen atoms in total. The summed E-state index contributed by atoms with van der Waals surface area (Å²) >= 11 is 6.69. The van der Waals surface area contributed by atoms with Gasteiger partial charge >= 0.3 is 5.97 Å². The Morgan fingerprint density at radius 1 is 1.44 bits per heavy atom. The molecule has 0 aliphatic rings. The summed E-state index contributed by atoms with van der Waals surface area (Å²) in [5.41, 5.74) is 1.41.